The molecular weight excluding hydrogens is 302 g/mol. The topological polar surface area (TPSA) is 41.4 Å². The average Bonchev–Trinajstić information content (AvgIpc) is 2.78. The minimum atomic E-state index is -2.32. The molecule has 3 rings (SSSR count). The normalized spacial score (nSPS) is 23.0. The Kier molecular flexibility index (Phi) is 4.94. The van der Waals surface area contributed by atoms with Gasteiger partial charge >= 0.3 is 0 Å². The number of aromatic nitrogens is 2. The lowest BCUT2D eigenvalue weighted by Gasteiger charge is -2.21. The van der Waals surface area contributed by atoms with E-state index in [1.807, 2.05) is 6.20 Å². The van der Waals surface area contributed by atoms with Crippen LogP contribution in [0.2, 0.25) is 0 Å². The van der Waals surface area contributed by atoms with Crippen LogP contribution in [0.3, 0.4) is 0 Å². The predicted octanol–water partition coefficient (Wildman–Crippen LogP) is 1.88. The van der Waals surface area contributed by atoms with Gasteiger partial charge in [-0.2, -0.15) is 0 Å². The predicted molar refractivity (Wildman–Crippen MR) is 82.7 cm³/mol. The number of aryl methyl sites for hydroxylation is 1. The van der Waals surface area contributed by atoms with Crippen LogP contribution in [0.25, 0.3) is 0 Å². The molecule has 2 aliphatic heterocycles. The lowest BCUT2D eigenvalue weighted by atomic mass is 10.0. The summed E-state index contributed by atoms with van der Waals surface area (Å²) in [5, 5.41) is 0. The monoisotopic (exact) mass is 326 g/mol. The highest BCUT2D eigenvalue weighted by molar-refractivity contribution is 5.92. The molecule has 0 aliphatic carbocycles. The molecule has 0 radical (unpaired) electrons. The molecule has 0 N–H and O–H groups in total. The zero-order valence-corrected chi connectivity index (χ0v) is 13.5. The van der Waals surface area contributed by atoms with Crippen molar-refractivity contribution in [1.82, 2.24) is 19.4 Å². The number of hydrogen-bond acceptors (Lipinski definition) is 3. The van der Waals surface area contributed by atoms with Crippen LogP contribution in [0.5, 0.6) is 0 Å². The summed E-state index contributed by atoms with van der Waals surface area (Å²) in [6.07, 6.45) is 2.28. The van der Waals surface area contributed by atoms with Gasteiger partial charge in [0.05, 0.1) is 6.54 Å². The van der Waals surface area contributed by atoms with Gasteiger partial charge in [-0.3, -0.25) is 9.69 Å². The molecule has 1 unspecified atom stereocenters. The van der Waals surface area contributed by atoms with Crippen molar-refractivity contribution in [2.24, 2.45) is 5.92 Å². The molecular formula is C16H24F2N4O. The molecule has 1 saturated heterocycles. The minimum Gasteiger partial charge on any atom is -0.336 e. The van der Waals surface area contributed by atoms with Gasteiger partial charge in [0.1, 0.15) is 11.5 Å². The average molecular weight is 326 g/mol. The van der Waals surface area contributed by atoms with Crippen molar-refractivity contribution in [2.75, 3.05) is 32.7 Å². The van der Waals surface area contributed by atoms with Crippen LogP contribution in [0.15, 0.2) is 6.20 Å². The standard InChI is InChI=1S/C16H24F2N4O/c1-12-3-4-15-19-13(10-22(15)9-12)16(23)21-6-2-5-20(7-8-21)11-14(17)18/h10,12,14H,2-9,11H2,1H3. The Labute approximate surface area is 135 Å². The van der Waals surface area contributed by atoms with Crippen LogP contribution in [0.4, 0.5) is 8.78 Å². The van der Waals surface area contributed by atoms with E-state index in [-0.39, 0.29) is 12.5 Å². The van der Waals surface area contributed by atoms with Crippen molar-refractivity contribution in [3.05, 3.63) is 17.7 Å². The Hall–Kier alpha value is -1.50. The first-order valence-electron chi connectivity index (χ1n) is 8.38. The van der Waals surface area contributed by atoms with E-state index >= 15 is 0 Å². The van der Waals surface area contributed by atoms with Gasteiger partial charge in [-0.15, -0.1) is 0 Å². The van der Waals surface area contributed by atoms with Gasteiger partial charge in [0.25, 0.3) is 12.3 Å². The summed E-state index contributed by atoms with van der Waals surface area (Å²) in [7, 11) is 0. The van der Waals surface area contributed by atoms with Gasteiger partial charge in [-0.25, -0.2) is 13.8 Å². The fraction of sp³-hybridized carbons (Fsp3) is 0.750. The Bertz CT molecular complexity index is 560. The second kappa shape index (κ2) is 6.95. The molecule has 128 valence electrons. The maximum absolute atomic E-state index is 12.7. The molecule has 0 bridgehead atoms. The first kappa shape index (κ1) is 16.4. The fourth-order valence-corrected chi connectivity index (χ4v) is 3.43. The Morgan fingerprint density at radius 2 is 2.17 bits per heavy atom. The highest BCUT2D eigenvalue weighted by atomic mass is 19.3. The molecule has 1 aromatic rings. The molecule has 0 saturated carbocycles. The van der Waals surface area contributed by atoms with E-state index in [1.54, 1.807) is 9.80 Å². The maximum atomic E-state index is 12.7. The molecule has 7 heteroatoms. The highest BCUT2D eigenvalue weighted by Gasteiger charge is 2.25. The van der Waals surface area contributed by atoms with Gasteiger partial charge in [-0.05, 0) is 18.8 Å². The van der Waals surface area contributed by atoms with E-state index < -0.39 is 6.43 Å². The van der Waals surface area contributed by atoms with E-state index in [0.717, 1.165) is 31.6 Å². The molecule has 2 aliphatic rings. The third-order valence-electron chi connectivity index (χ3n) is 4.72. The van der Waals surface area contributed by atoms with Crippen LogP contribution < -0.4 is 0 Å². The van der Waals surface area contributed by atoms with Crippen LogP contribution in [0, 0.1) is 5.92 Å². The van der Waals surface area contributed by atoms with Crippen molar-refractivity contribution in [3.63, 3.8) is 0 Å². The molecule has 23 heavy (non-hydrogen) atoms. The number of carbonyl (C=O) groups is 1. The van der Waals surface area contributed by atoms with E-state index in [0.29, 0.717) is 37.8 Å². The van der Waals surface area contributed by atoms with Crippen molar-refractivity contribution in [2.45, 2.75) is 39.2 Å². The Balaban J connectivity index is 1.64. The first-order chi connectivity index (χ1) is 11.0. The van der Waals surface area contributed by atoms with E-state index in [9.17, 15) is 13.6 Å². The summed E-state index contributed by atoms with van der Waals surface area (Å²) in [4.78, 5) is 20.6. The molecule has 3 heterocycles. The number of imidazole rings is 1. The number of fused-ring (bicyclic) bond motifs is 1. The summed E-state index contributed by atoms with van der Waals surface area (Å²) in [6.45, 7) is 5.13. The number of amides is 1. The molecule has 5 nitrogen and oxygen atoms in total. The minimum absolute atomic E-state index is 0.0709. The Morgan fingerprint density at radius 1 is 1.35 bits per heavy atom. The van der Waals surface area contributed by atoms with Crippen molar-refractivity contribution >= 4 is 5.91 Å². The summed E-state index contributed by atoms with van der Waals surface area (Å²) < 4.78 is 27.1. The van der Waals surface area contributed by atoms with Crippen LogP contribution >= 0.6 is 0 Å². The molecule has 1 fully saturated rings. The fourth-order valence-electron chi connectivity index (χ4n) is 3.43. The molecule has 1 amide bonds. The van der Waals surface area contributed by atoms with Gasteiger partial charge < -0.3 is 9.47 Å². The maximum Gasteiger partial charge on any atom is 0.274 e. The number of nitrogens with zero attached hydrogens (tertiary/aromatic N) is 4. The van der Waals surface area contributed by atoms with Gasteiger partial charge in [0.15, 0.2) is 0 Å². The number of alkyl halides is 2. The number of rotatable bonds is 3. The molecule has 0 aromatic carbocycles. The third-order valence-corrected chi connectivity index (χ3v) is 4.72. The Morgan fingerprint density at radius 3 is 2.96 bits per heavy atom. The zero-order chi connectivity index (χ0) is 16.4. The number of carbonyl (C=O) groups excluding carboxylic acids is 1. The largest absolute Gasteiger partial charge is 0.336 e. The van der Waals surface area contributed by atoms with E-state index in [1.165, 1.54) is 0 Å². The van der Waals surface area contributed by atoms with E-state index in [2.05, 4.69) is 16.5 Å². The van der Waals surface area contributed by atoms with Crippen LogP contribution in [-0.4, -0.2) is 64.4 Å². The SMILES string of the molecule is CC1CCc2nc(C(=O)N3CCCN(CC(F)F)CC3)cn2C1. The van der Waals surface area contributed by atoms with Gasteiger partial charge in [0.2, 0.25) is 0 Å². The van der Waals surface area contributed by atoms with Gasteiger partial charge in [0, 0.05) is 45.3 Å². The smallest absolute Gasteiger partial charge is 0.274 e. The summed E-state index contributed by atoms with van der Waals surface area (Å²) >= 11 is 0. The highest BCUT2D eigenvalue weighted by Crippen LogP contribution is 2.20. The summed E-state index contributed by atoms with van der Waals surface area (Å²) in [5.74, 6) is 1.53. The third kappa shape index (κ3) is 3.88. The van der Waals surface area contributed by atoms with E-state index in [4.69, 9.17) is 0 Å². The van der Waals surface area contributed by atoms with Crippen molar-refractivity contribution in [1.29, 1.82) is 0 Å². The zero-order valence-electron chi connectivity index (χ0n) is 13.5. The quantitative estimate of drug-likeness (QED) is 0.852. The van der Waals surface area contributed by atoms with Gasteiger partial charge in [-0.1, -0.05) is 6.92 Å². The lowest BCUT2D eigenvalue weighted by molar-refractivity contribution is 0.0737. The number of halogens is 2. The van der Waals surface area contributed by atoms with Crippen LogP contribution in [-0.2, 0) is 13.0 Å². The second-order valence-corrected chi connectivity index (χ2v) is 6.68. The molecule has 1 aromatic heterocycles. The lowest BCUT2D eigenvalue weighted by Crippen LogP contribution is -2.36. The number of hydrogen-bond donors (Lipinski definition) is 0. The van der Waals surface area contributed by atoms with Crippen molar-refractivity contribution < 1.29 is 13.6 Å². The summed E-state index contributed by atoms with van der Waals surface area (Å²) in [5.41, 5.74) is 0.497. The summed E-state index contributed by atoms with van der Waals surface area (Å²) in [6, 6.07) is 0. The second-order valence-electron chi connectivity index (χ2n) is 6.68. The molecule has 0 spiro atoms. The molecule has 1 atom stereocenters. The van der Waals surface area contributed by atoms with Crippen molar-refractivity contribution in [3.8, 4) is 0 Å². The van der Waals surface area contributed by atoms with Crippen LogP contribution in [0.1, 0.15) is 36.1 Å². The first-order valence-corrected chi connectivity index (χ1v) is 8.38.